The molecule has 5 nitrogen and oxygen atoms in total. The van der Waals surface area contributed by atoms with Gasteiger partial charge in [0.1, 0.15) is 5.84 Å². The number of halogens is 1. The van der Waals surface area contributed by atoms with Crippen molar-refractivity contribution >= 4 is 23.3 Å². The molecule has 2 N–H and O–H groups in total. The van der Waals surface area contributed by atoms with Crippen molar-refractivity contribution in [3.63, 3.8) is 0 Å². The third kappa shape index (κ3) is 3.68. The number of carbonyl (C=O) groups is 1. The van der Waals surface area contributed by atoms with Gasteiger partial charge in [-0.05, 0) is 44.1 Å². The smallest absolute Gasteiger partial charge is 0.230 e. The Morgan fingerprint density at radius 3 is 2.66 bits per heavy atom. The second-order valence-electron chi connectivity index (χ2n) is 9.14. The van der Waals surface area contributed by atoms with Gasteiger partial charge in [-0.2, -0.15) is 0 Å². The molecule has 0 aromatic rings. The Morgan fingerprint density at radius 1 is 1.17 bits per heavy atom. The molecule has 1 saturated heterocycles. The van der Waals surface area contributed by atoms with Gasteiger partial charge in [0, 0.05) is 31.8 Å². The Hall–Kier alpha value is -1.59. The maximum atomic E-state index is 13.3. The summed E-state index contributed by atoms with van der Waals surface area (Å²) < 4.78 is 0. The number of aliphatic imine (C=N–C) groups is 1. The molecule has 3 fully saturated rings. The highest BCUT2D eigenvalue weighted by atomic mass is 35.5. The minimum atomic E-state index is -0.147. The lowest BCUT2D eigenvalue weighted by atomic mass is 9.77. The topological polar surface area (TPSA) is 56.7 Å². The molecule has 1 amide bonds. The number of dihydropyridines is 1. The Balaban J connectivity index is 1.35. The van der Waals surface area contributed by atoms with E-state index in [1.165, 1.54) is 32.1 Å². The summed E-state index contributed by atoms with van der Waals surface area (Å²) in [6, 6.07) is 0.0486. The quantitative estimate of drug-likeness (QED) is 0.743. The van der Waals surface area contributed by atoms with Crippen molar-refractivity contribution in [3.8, 4) is 0 Å². The minimum Gasteiger partial charge on any atom is -0.354 e. The molecule has 1 unspecified atom stereocenters. The van der Waals surface area contributed by atoms with Crippen LogP contribution in [0.2, 0.25) is 0 Å². The molecule has 5 aliphatic rings. The van der Waals surface area contributed by atoms with Crippen LogP contribution in [0.25, 0.3) is 0 Å². The molecular weight excluding hydrogens is 384 g/mol. The molecular formula is C23H31ClN4O. The molecule has 5 rings (SSSR count). The van der Waals surface area contributed by atoms with Crippen LogP contribution in [0.4, 0.5) is 0 Å². The van der Waals surface area contributed by atoms with Gasteiger partial charge in [0.2, 0.25) is 5.91 Å². The van der Waals surface area contributed by atoms with E-state index >= 15 is 0 Å². The van der Waals surface area contributed by atoms with E-state index < -0.39 is 0 Å². The molecule has 2 saturated carbocycles. The van der Waals surface area contributed by atoms with Crippen LogP contribution in [0.15, 0.2) is 39.5 Å². The van der Waals surface area contributed by atoms with Crippen LogP contribution in [-0.4, -0.2) is 48.9 Å². The standard InChI is InChI=1S/C23H31ClN4O/c24-18-7-8-19-17(6-9-20(26-19)28-14-12-25-13-15-28)21(18)27-22(29)23(10-11-23)16-4-2-1-3-5-16/h6-7,9,16,19,25H,1-5,8,10-15H2,(H,27,29). The highest BCUT2D eigenvalue weighted by Gasteiger charge is 2.55. The van der Waals surface area contributed by atoms with Gasteiger partial charge >= 0.3 is 0 Å². The number of allylic oxidation sites excluding steroid dienone is 1. The van der Waals surface area contributed by atoms with Crippen molar-refractivity contribution in [3.05, 3.63) is 34.5 Å². The van der Waals surface area contributed by atoms with Crippen molar-refractivity contribution in [1.29, 1.82) is 0 Å². The predicted octanol–water partition coefficient (Wildman–Crippen LogP) is 3.49. The van der Waals surface area contributed by atoms with Crippen molar-refractivity contribution in [2.75, 3.05) is 26.2 Å². The summed E-state index contributed by atoms with van der Waals surface area (Å²) in [6.45, 7) is 3.96. The molecule has 2 aliphatic heterocycles. The summed E-state index contributed by atoms with van der Waals surface area (Å²) in [6.07, 6.45) is 15.3. The summed E-state index contributed by atoms with van der Waals surface area (Å²) in [4.78, 5) is 20.7. The molecule has 6 heteroatoms. The highest BCUT2D eigenvalue weighted by molar-refractivity contribution is 6.32. The van der Waals surface area contributed by atoms with Gasteiger partial charge in [-0.25, -0.2) is 0 Å². The average Bonchev–Trinajstić information content (AvgIpc) is 3.59. The highest BCUT2D eigenvalue weighted by Crippen LogP contribution is 2.56. The molecule has 156 valence electrons. The lowest BCUT2D eigenvalue weighted by molar-refractivity contribution is -0.128. The number of rotatable bonds is 3. The number of nitrogens with one attached hydrogen (secondary N) is 2. The molecule has 3 aliphatic carbocycles. The van der Waals surface area contributed by atoms with Crippen LogP contribution in [0.1, 0.15) is 51.4 Å². The molecule has 0 spiro atoms. The monoisotopic (exact) mass is 414 g/mol. The third-order valence-electron chi connectivity index (χ3n) is 7.41. The number of hydrogen-bond donors (Lipinski definition) is 2. The van der Waals surface area contributed by atoms with E-state index in [-0.39, 0.29) is 17.4 Å². The van der Waals surface area contributed by atoms with Gasteiger partial charge in [-0.15, -0.1) is 0 Å². The molecule has 2 heterocycles. The average molecular weight is 415 g/mol. The van der Waals surface area contributed by atoms with Crippen LogP contribution in [0.3, 0.4) is 0 Å². The zero-order valence-corrected chi connectivity index (χ0v) is 17.8. The molecule has 1 atom stereocenters. The zero-order chi connectivity index (χ0) is 19.8. The first-order chi connectivity index (χ1) is 14.2. The van der Waals surface area contributed by atoms with Gasteiger partial charge in [0.25, 0.3) is 0 Å². The van der Waals surface area contributed by atoms with E-state index in [1.807, 2.05) is 6.08 Å². The summed E-state index contributed by atoms with van der Waals surface area (Å²) in [5, 5.41) is 7.31. The van der Waals surface area contributed by atoms with Gasteiger partial charge in [0.15, 0.2) is 0 Å². The third-order valence-corrected chi connectivity index (χ3v) is 7.76. The summed E-state index contributed by atoms with van der Waals surface area (Å²) in [7, 11) is 0. The van der Waals surface area contributed by atoms with Crippen molar-refractivity contribution in [2.45, 2.75) is 57.4 Å². The molecule has 0 bridgehead atoms. The van der Waals surface area contributed by atoms with E-state index in [2.05, 4.69) is 27.7 Å². The number of amides is 1. The first-order valence-corrected chi connectivity index (χ1v) is 11.7. The Bertz CT molecular complexity index is 796. The Labute approximate surface area is 178 Å². The lowest BCUT2D eigenvalue weighted by Crippen LogP contribution is -2.47. The predicted molar refractivity (Wildman–Crippen MR) is 117 cm³/mol. The fourth-order valence-electron chi connectivity index (χ4n) is 5.49. The number of hydrogen-bond acceptors (Lipinski definition) is 4. The van der Waals surface area contributed by atoms with E-state index in [9.17, 15) is 4.79 Å². The van der Waals surface area contributed by atoms with E-state index in [1.54, 1.807) is 0 Å². The SMILES string of the molecule is O=C(NC1=C2C=CC(N3CCNCC3)=NC2CC=C1Cl)C1(C2CCCCC2)CC1. The van der Waals surface area contributed by atoms with E-state index in [0.717, 1.165) is 62.5 Å². The van der Waals surface area contributed by atoms with Gasteiger partial charge in [0.05, 0.1) is 22.2 Å². The largest absolute Gasteiger partial charge is 0.354 e. The summed E-state index contributed by atoms with van der Waals surface area (Å²) >= 11 is 6.58. The Morgan fingerprint density at radius 2 is 1.93 bits per heavy atom. The van der Waals surface area contributed by atoms with Crippen LogP contribution in [0.5, 0.6) is 0 Å². The van der Waals surface area contributed by atoms with Crippen LogP contribution >= 0.6 is 11.6 Å². The second kappa shape index (κ2) is 7.92. The fraction of sp³-hybridized carbons (Fsp3) is 0.652. The number of fused-ring (bicyclic) bond motifs is 1. The summed E-state index contributed by atoms with van der Waals surface area (Å²) in [5.41, 5.74) is 1.70. The maximum Gasteiger partial charge on any atom is 0.230 e. The molecule has 0 aromatic carbocycles. The Kier molecular flexibility index (Phi) is 5.29. The molecule has 0 aromatic heterocycles. The van der Waals surface area contributed by atoms with Crippen LogP contribution < -0.4 is 10.6 Å². The van der Waals surface area contributed by atoms with Crippen LogP contribution in [0, 0.1) is 11.3 Å². The fourth-order valence-corrected chi connectivity index (χ4v) is 5.74. The maximum absolute atomic E-state index is 13.3. The molecule has 29 heavy (non-hydrogen) atoms. The van der Waals surface area contributed by atoms with Gasteiger partial charge < -0.3 is 15.5 Å². The second-order valence-corrected chi connectivity index (χ2v) is 9.54. The normalized spacial score (nSPS) is 29.1. The minimum absolute atomic E-state index is 0.0486. The van der Waals surface area contributed by atoms with Crippen molar-refractivity contribution in [1.82, 2.24) is 15.5 Å². The van der Waals surface area contributed by atoms with Crippen molar-refractivity contribution in [2.24, 2.45) is 16.3 Å². The van der Waals surface area contributed by atoms with Crippen molar-refractivity contribution < 1.29 is 4.79 Å². The van der Waals surface area contributed by atoms with Gasteiger partial charge in [-0.3, -0.25) is 9.79 Å². The number of piperazine rings is 1. The zero-order valence-electron chi connectivity index (χ0n) is 17.1. The number of carbonyl (C=O) groups excluding carboxylic acids is 1. The van der Waals surface area contributed by atoms with Gasteiger partial charge in [-0.1, -0.05) is 43.0 Å². The van der Waals surface area contributed by atoms with Crippen LogP contribution in [-0.2, 0) is 4.79 Å². The lowest BCUT2D eigenvalue weighted by Gasteiger charge is -2.34. The first kappa shape index (κ1) is 19.4. The molecule has 0 radical (unpaired) electrons. The van der Waals surface area contributed by atoms with E-state index in [0.29, 0.717) is 11.0 Å². The number of amidine groups is 1. The first-order valence-electron chi connectivity index (χ1n) is 11.3. The van der Waals surface area contributed by atoms with E-state index in [4.69, 9.17) is 16.6 Å². The summed E-state index contributed by atoms with van der Waals surface area (Å²) in [5.74, 6) is 1.78. The number of nitrogens with zero attached hydrogens (tertiary/aromatic N) is 2.